The molecule has 0 unspecified atom stereocenters. The minimum absolute atomic E-state index is 0.0979. The second kappa shape index (κ2) is 10.8. The first-order chi connectivity index (χ1) is 17.2. The number of carbonyl (C=O) groups is 2. The van der Waals surface area contributed by atoms with E-state index in [1.807, 2.05) is 30.3 Å². The van der Waals surface area contributed by atoms with E-state index in [9.17, 15) is 27.2 Å². The Hall–Kier alpha value is -3.20. The topological polar surface area (TPSA) is 61.4 Å². The number of hydrogen-bond acceptors (Lipinski definition) is 3. The number of hydrogen-bond donors (Lipinski definition) is 2. The minimum atomic E-state index is -4.77. The van der Waals surface area contributed by atoms with Gasteiger partial charge in [0.15, 0.2) is 0 Å². The molecule has 2 amide bonds. The van der Waals surface area contributed by atoms with Gasteiger partial charge in [-0.15, -0.1) is 0 Å². The molecule has 1 spiro atoms. The number of alkyl halides is 3. The van der Waals surface area contributed by atoms with E-state index >= 15 is 0 Å². The number of carbonyl (C=O) groups excluding carboxylic acids is 2. The third-order valence-corrected chi connectivity index (χ3v) is 7.27. The fraction of sp³-hybridized carbons (Fsp3) is 0.407. The molecule has 0 atom stereocenters. The van der Waals surface area contributed by atoms with Crippen molar-refractivity contribution in [2.24, 2.45) is 5.41 Å². The standard InChI is InChI=1S/C27H29F4N3O2/c28-22-8-4-7-21(27(29,30)31)20(22)17-34(16-10-19-5-2-1-3-6-19)25(36)24-23(33-18-35)9-11-26(24)12-14-32-15-13-26/h1-8,18,32H,9-17H2,(H,33,35). The van der Waals surface area contributed by atoms with Crippen molar-refractivity contribution in [3.63, 3.8) is 0 Å². The maximum Gasteiger partial charge on any atom is 0.416 e. The van der Waals surface area contributed by atoms with Gasteiger partial charge in [0.2, 0.25) is 6.41 Å². The normalized spacial score (nSPS) is 17.3. The Morgan fingerprint density at radius 3 is 2.44 bits per heavy atom. The predicted molar refractivity (Wildman–Crippen MR) is 127 cm³/mol. The molecule has 192 valence electrons. The maximum absolute atomic E-state index is 14.8. The first-order valence-electron chi connectivity index (χ1n) is 12.1. The van der Waals surface area contributed by atoms with Gasteiger partial charge in [-0.05, 0) is 62.9 Å². The summed E-state index contributed by atoms with van der Waals surface area (Å²) in [4.78, 5) is 26.7. The summed E-state index contributed by atoms with van der Waals surface area (Å²) in [5, 5.41) is 5.94. The molecule has 5 nitrogen and oxygen atoms in total. The van der Waals surface area contributed by atoms with Crippen LogP contribution in [0.4, 0.5) is 17.6 Å². The molecule has 0 bridgehead atoms. The Morgan fingerprint density at radius 1 is 1.06 bits per heavy atom. The van der Waals surface area contributed by atoms with Crippen LogP contribution in [0.1, 0.15) is 42.4 Å². The summed E-state index contributed by atoms with van der Waals surface area (Å²) in [5.74, 6) is -1.46. The quantitative estimate of drug-likeness (QED) is 0.410. The Morgan fingerprint density at radius 2 is 1.78 bits per heavy atom. The summed E-state index contributed by atoms with van der Waals surface area (Å²) in [7, 11) is 0. The molecule has 0 saturated carbocycles. The van der Waals surface area contributed by atoms with Crippen molar-refractivity contribution in [3.8, 4) is 0 Å². The first-order valence-corrected chi connectivity index (χ1v) is 12.1. The molecule has 1 aliphatic carbocycles. The van der Waals surface area contributed by atoms with Crippen molar-refractivity contribution in [2.45, 2.75) is 44.8 Å². The maximum atomic E-state index is 14.8. The van der Waals surface area contributed by atoms with Gasteiger partial charge >= 0.3 is 6.18 Å². The van der Waals surface area contributed by atoms with Crippen molar-refractivity contribution >= 4 is 12.3 Å². The fourth-order valence-corrected chi connectivity index (χ4v) is 5.41. The number of piperidine rings is 1. The van der Waals surface area contributed by atoms with Crippen molar-refractivity contribution in [2.75, 3.05) is 19.6 Å². The summed E-state index contributed by atoms with van der Waals surface area (Å²) >= 11 is 0. The molecule has 0 radical (unpaired) electrons. The summed E-state index contributed by atoms with van der Waals surface area (Å²) in [6.45, 7) is 0.960. The second-order valence-electron chi connectivity index (χ2n) is 9.37. The highest BCUT2D eigenvalue weighted by Gasteiger charge is 2.46. The average Bonchev–Trinajstić information content (AvgIpc) is 3.19. The zero-order chi connectivity index (χ0) is 25.8. The third kappa shape index (κ3) is 5.46. The predicted octanol–water partition coefficient (Wildman–Crippen LogP) is 4.58. The van der Waals surface area contributed by atoms with Gasteiger partial charge in [0.05, 0.1) is 5.56 Å². The average molecular weight is 504 g/mol. The molecular weight excluding hydrogens is 474 g/mol. The van der Waals surface area contributed by atoms with Crippen molar-refractivity contribution in [1.82, 2.24) is 15.5 Å². The van der Waals surface area contributed by atoms with Crippen LogP contribution >= 0.6 is 0 Å². The smallest absolute Gasteiger partial charge is 0.334 e. The largest absolute Gasteiger partial charge is 0.416 e. The molecule has 2 aliphatic rings. The molecule has 1 heterocycles. The lowest BCUT2D eigenvalue weighted by Gasteiger charge is -2.38. The molecule has 1 saturated heterocycles. The molecule has 36 heavy (non-hydrogen) atoms. The Kier molecular flexibility index (Phi) is 7.78. The van der Waals surface area contributed by atoms with Crippen molar-refractivity contribution in [3.05, 3.63) is 82.3 Å². The van der Waals surface area contributed by atoms with Crippen LogP contribution in [0.2, 0.25) is 0 Å². The van der Waals surface area contributed by atoms with E-state index in [2.05, 4.69) is 10.6 Å². The number of nitrogens with zero attached hydrogens (tertiary/aromatic N) is 1. The minimum Gasteiger partial charge on any atom is -0.334 e. The van der Waals surface area contributed by atoms with Gasteiger partial charge in [-0.1, -0.05) is 36.4 Å². The molecule has 2 aromatic rings. The van der Waals surface area contributed by atoms with Crippen LogP contribution in [0.15, 0.2) is 59.8 Å². The van der Waals surface area contributed by atoms with Gasteiger partial charge in [-0.3, -0.25) is 9.59 Å². The van der Waals surface area contributed by atoms with E-state index in [0.717, 1.165) is 23.8 Å². The molecule has 1 fully saturated rings. The van der Waals surface area contributed by atoms with Crippen molar-refractivity contribution < 1.29 is 27.2 Å². The lowest BCUT2D eigenvalue weighted by Crippen LogP contribution is -2.43. The van der Waals surface area contributed by atoms with E-state index in [0.29, 0.717) is 62.9 Å². The molecule has 2 N–H and O–H groups in total. The highest BCUT2D eigenvalue weighted by Crippen LogP contribution is 2.49. The third-order valence-electron chi connectivity index (χ3n) is 7.27. The van der Waals surface area contributed by atoms with Crippen LogP contribution in [0.5, 0.6) is 0 Å². The number of benzene rings is 2. The SMILES string of the molecule is O=CNC1=C(C(=O)N(CCc2ccccc2)Cc2c(F)cccc2C(F)(F)F)C2(CCNCC2)CC1. The number of allylic oxidation sites excluding steroid dienone is 1. The van der Waals surface area contributed by atoms with E-state index in [1.54, 1.807) is 0 Å². The first kappa shape index (κ1) is 25.9. The summed E-state index contributed by atoms with van der Waals surface area (Å²) in [6, 6.07) is 12.1. The molecule has 2 aromatic carbocycles. The van der Waals surface area contributed by atoms with E-state index in [1.165, 1.54) is 4.90 Å². The number of nitrogens with one attached hydrogen (secondary N) is 2. The van der Waals surface area contributed by atoms with Crippen LogP contribution in [-0.2, 0) is 28.7 Å². The highest BCUT2D eigenvalue weighted by atomic mass is 19.4. The van der Waals surface area contributed by atoms with Gasteiger partial charge in [-0.2, -0.15) is 13.2 Å². The molecule has 9 heteroatoms. The highest BCUT2D eigenvalue weighted by molar-refractivity contribution is 5.96. The zero-order valence-electron chi connectivity index (χ0n) is 19.8. The summed E-state index contributed by atoms with van der Waals surface area (Å²) in [6.07, 6.45) is -1.32. The van der Waals surface area contributed by atoms with Crippen LogP contribution < -0.4 is 10.6 Å². The lowest BCUT2D eigenvalue weighted by molar-refractivity contribution is -0.139. The molecule has 0 aromatic heterocycles. The summed E-state index contributed by atoms with van der Waals surface area (Å²) in [5.41, 5.74) is -0.276. The second-order valence-corrected chi connectivity index (χ2v) is 9.37. The van der Waals surface area contributed by atoms with E-state index in [4.69, 9.17) is 0 Å². The van der Waals surface area contributed by atoms with Crippen LogP contribution in [0.25, 0.3) is 0 Å². The van der Waals surface area contributed by atoms with Crippen LogP contribution in [0, 0.1) is 11.2 Å². The fourth-order valence-electron chi connectivity index (χ4n) is 5.41. The van der Waals surface area contributed by atoms with Gasteiger partial charge in [-0.25, -0.2) is 4.39 Å². The number of rotatable bonds is 8. The zero-order valence-corrected chi connectivity index (χ0v) is 19.8. The van der Waals surface area contributed by atoms with Gasteiger partial charge < -0.3 is 15.5 Å². The van der Waals surface area contributed by atoms with Crippen LogP contribution in [-0.4, -0.2) is 36.9 Å². The molecular formula is C27H29F4N3O2. The number of halogens is 4. The van der Waals surface area contributed by atoms with Gasteiger partial charge in [0, 0.05) is 35.3 Å². The Bertz CT molecular complexity index is 1130. The Balaban J connectivity index is 1.73. The monoisotopic (exact) mass is 503 g/mol. The van der Waals surface area contributed by atoms with E-state index < -0.39 is 41.0 Å². The van der Waals surface area contributed by atoms with Crippen LogP contribution in [0.3, 0.4) is 0 Å². The summed E-state index contributed by atoms with van der Waals surface area (Å²) < 4.78 is 56.0. The van der Waals surface area contributed by atoms with Gasteiger partial charge in [0.25, 0.3) is 5.91 Å². The lowest BCUT2D eigenvalue weighted by atomic mass is 9.73. The molecule has 4 rings (SSSR count). The van der Waals surface area contributed by atoms with Crippen molar-refractivity contribution in [1.29, 1.82) is 0 Å². The Labute approximate surface area is 207 Å². The van der Waals surface area contributed by atoms with E-state index in [-0.39, 0.29) is 6.54 Å². The molecule has 1 aliphatic heterocycles. The van der Waals surface area contributed by atoms with Gasteiger partial charge in [0.1, 0.15) is 5.82 Å². The number of amides is 2.